The van der Waals surface area contributed by atoms with Gasteiger partial charge in [-0.1, -0.05) is 86.2 Å². The van der Waals surface area contributed by atoms with Gasteiger partial charge in [0.2, 0.25) is 0 Å². The Hall–Kier alpha value is -6.96. The first kappa shape index (κ1) is 43.2. The van der Waals surface area contributed by atoms with E-state index in [1.165, 1.54) is 0 Å². The number of hydrogen-bond acceptors (Lipinski definition) is 8. The third-order valence-electron chi connectivity index (χ3n) is 8.49. The van der Waals surface area contributed by atoms with Gasteiger partial charge in [0.15, 0.2) is 0 Å². The monoisotopic (exact) mass is 862 g/mol. The van der Waals surface area contributed by atoms with Crippen LogP contribution in [0.2, 0.25) is 0 Å². The van der Waals surface area contributed by atoms with Crippen LogP contribution < -0.4 is 4.74 Å². The summed E-state index contributed by atoms with van der Waals surface area (Å²) < 4.78 is 5.73. The molecule has 6 aromatic heterocycles. The number of benzene rings is 2. The Kier molecular flexibility index (Phi) is 17.5. The first-order valence-corrected chi connectivity index (χ1v) is 19.1. The summed E-state index contributed by atoms with van der Waals surface area (Å²) in [6.07, 6.45) is 21.1. The molecule has 59 heavy (non-hydrogen) atoms. The van der Waals surface area contributed by atoms with E-state index in [0.29, 0.717) is 0 Å². The fourth-order valence-corrected chi connectivity index (χ4v) is 5.42. The second kappa shape index (κ2) is 24.0. The second-order valence-corrected chi connectivity index (χ2v) is 12.8. The van der Waals surface area contributed by atoms with Crippen molar-refractivity contribution in [2.45, 2.75) is 19.8 Å². The van der Waals surface area contributed by atoms with E-state index in [0.717, 1.165) is 81.6 Å². The van der Waals surface area contributed by atoms with Gasteiger partial charge in [-0.25, -0.2) is 0 Å². The molecule has 0 aliphatic heterocycles. The molecule has 8 aromatic rings. The number of aromatic hydroxyl groups is 1. The molecule has 0 bridgehead atoms. The zero-order valence-electron chi connectivity index (χ0n) is 32.6. The molecule has 8 nitrogen and oxygen atoms in total. The number of ether oxygens (including phenoxy) is 1. The summed E-state index contributed by atoms with van der Waals surface area (Å²) in [4.78, 5) is 25.8. The van der Waals surface area contributed by atoms with Gasteiger partial charge in [0.25, 0.3) is 0 Å². The molecule has 294 valence electrons. The van der Waals surface area contributed by atoms with Crippen molar-refractivity contribution in [1.29, 1.82) is 0 Å². The average Bonchev–Trinajstić information content (AvgIpc) is 3.30. The molecule has 2 aromatic carbocycles. The molecular weight excluding hydrogens is 818 g/mol. The quantitative estimate of drug-likeness (QED) is 0.101. The number of nitrogens with zero attached hydrogens (tertiary/aromatic N) is 6. The Balaban J connectivity index is 0.000000213. The van der Waals surface area contributed by atoms with Crippen molar-refractivity contribution in [2.24, 2.45) is 0 Å². The molecule has 0 radical (unpaired) electrons. The minimum absolute atomic E-state index is 0. The van der Waals surface area contributed by atoms with Crippen molar-refractivity contribution in [2.75, 3.05) is 6.61 Å². The van der Waals surface area contributed by atoms with E-state index < -0.39 is 0 Å². The predicted molar refractivity (Wildman–Crippen MR) is 235 cm³/mol. The number of hydrogen-bond donors (Lipinski definition) is 1. The molecule has 0 amide bonds. The van der Waals surface area contributed by atoms with E-state index >= 15 is 0 Å². The van der Waals surface area contributed by atoms with Crippen LogP contribution >= 0.6 is 0 Å². The van der Waals surface area contributed by atoms with Gasteiger partial charge in [0.1, 0.15) is 11.5 Å². The van der Waals surface area contributed by atoms with Gasteiger partial charge in [-0.3, -0.25) is 29.9 Å². The maximum atomic E-state index is 9.43. The van der Waals surface area contributed by atoms with Gasteiger partial charge < -0.3 is 9.84 Å². The third kappa shape index (κ3) is 14.5. The van der Waals surface area contributed by atoms with Crippen molar-refractivity contribution < 1.29 is 29.3 Å². The van der Waals surface area contributed by atoms with Crippen LogP contribution in [-0.4, -0.2) is 41.6 Å². The van der Waals surface area contributed by atoms with Crippen LogP contribution in [0.1, 0.15) is 42.0 Å². The molecule has 0 aliphatic rings. The Morgan fingerprint density at radius 3 is 1.17 bits per heavy atom. The third-order valence-corrected chi connectivity index (χ3v) is 8.49. The van der Waals surface area contributed by atoms with Crippen molar-refractivity contribution in [3.05, 3.63) is 205 Å². The number of phenolic OH excluding ortho intramolecular Hbond substituents is 1. The van der Waals surface area contributed by atoms with Crippen LogP contribution in [0.4, 0.5) is 0 Å². The van der Waals surface area contributed by atoms with Gasteiger partial charge >= 0.3 is 0 Å². The largest absolute Gasteiger partial charge is 0.508 e. The number of aromatic nitrogens is 6. The number of unbranched alkanes of at least 4 members (excludes halogenated alkanes) is 1. The molecule has 9 heteroatoms. The first-order chi connectivity index (χ1) is 28.6. The maximum Gasteiger partial charge on any atom is 0.119 e. The average molecular weight is 862 g/mol. The number of pyridine rings is 6. The van der Waals surface area contributed by atoms with Gasteiger partial charge in [-0.2, -0.15) is 0 Å². The first-order valence-electron chi connectivity index (χ1n) is 19.1. The van der Waals surface area contributed by atoms with E-state index in [1.807, 2.05) is 133 Å². The van der Waals surface area contributed by atoms with Crippen molar-refractivity contribution in [3.63, 3.8) is 0 Å². The molecule has 0 fully saturated rings. The standard InChI is InChI=1S/C30H28N2O2.2C10H8N2.Ru/c1-2-3-20-34-28-14-10-24(11-15-28)5-7-26-17-19-32-30(22-26)29-21-25(16-18-31-29)6-4-23-8-12-27(33)13-9-23;2*1-3-7-11-9(5-1)10-6-2-4-8-12-10;/h4-19,21-22,33H,2-3,20H2,1H3;2*1-8H;/b6-4+,7-5+;;;. The molecule has 1 N–H and O–H groups in total. The maximum absolute atomic E-state index is 9.43. The molecule has 0 aliphatic carbocycles. The molecule has 0 saturated carbocycles. The number of phenols is 1. The molecular formula is C50H44N6O2Ru. The Labute approximate surface area is 358 Å². The van der Waals surface area contributed by atoms with E-state index in [1.54, 1.807) is 49.3 Å². The normalized spacial score (nSPS) is 10.5. The number of rotatable bonds is 11. The van der Waals surface area contributed by atoms with E-state index in [4.69, 9.17) is 4.74 Å². The smallest absolute Gasteiger partial charge is 0.119 e. The second-order valence-electron chi connectivity index (χ2n) is 12.8. The van der Waals surface area contributed by atoms with Crippen molar-refractivity contribution in [1.82, 2.24) is 29.9 Å². The summed E-state index contributed by atoms with van der Waals surface area (Å²) >= 11 is 0. The fourth-order valence-electron chi connectivity index (χ4n) is 5.42. The minimum Gasteiger partial charge on any atom is -0.508 e. The zero-order chi connectivity index (χ0) is 40.0. The zero-order valence-corrected chi connectivity index (χ0v) is 34.4. The van der Waals surface area contributed by atoms with Crippen LogP contribution in [0, 0.1) is 0 Å². The van der Waals surface area contributed by atoms with Crippen molar-refractivity contribution in [3.8, 4) is 45.7 Å². The molecule has 0 unspecified atom stereocenters. The summed E-state index contributed by atoms with van der Waals surface area (Å²) in [6, 6.07) is 46.4. The summed E-state index contributed by atoms with van der Waals surface area (Å²) in [5, 5.41) is 9.43. The Morgan fingerprint density at radius 1 is 0.424 bits per heavy atom. The predicted octanol–water partition coefficient (Wildman–Crippen LogP) is 11.7. The van der Waals surface area contributed by atoms with Crippen LogP contribution in [0.3, 0.4) is 0 Å². The minimum atomic E-state index is 0. The van der Waals surface area contributed by atoms with Gasteiger partial charge in [-0.05, 0) is 126 Å². The topological polar surface area (TPSA) is 107 Å². The summed E-state index contributed by atoms with van der Waals surface area (Å²) in [5.74, 6) is 1.17. The van der Waals surface area contributed by atoms with Crippen LogP contribution in [0.5, 0.6) is 11.5 Å². The van der Waals surface area contributed by atoms with E-state index in [2.05, 4.69) is 61.1 Å². The van der Waals surface area contributed by atoms with Crippen LogP contribution in [-0.2, 0) is 19.5 Å². The Morgan fingerprint density at radius 2 is 0.797 bits per heavy atom. The van der Waals surface area contributed by atoms with Gasteiger partial charge in [0, 0.05) is 56.7 Å². The van der Waals surface area contributed by atoms with Crippen molar-refractivity contribution >= 4 is 24.3 Å². The molecule has 0 atom stereocenters. The summed E-state index contributed by atoms with van der Waals surface area (Å²) in [7, 11) is 0. The van der Waals surface area contributed by atoms with Gasteiger partial charge in [-0.15, -0.1) is 0 Å². The van der Waals surface area contributed by atoms with Crippen LogP contribution in [0.15, 0.2) is 183 Å². The van der Waals surface area contributed by atoms with Gasteiger partial charge in [0.05, 0.1) is 40.8 Å². The fraction of sp³-hybridized carbons (Fsp3) is 0.0800. The summed E-state index contributed by atoms with van der Waals surface area (Å²) in [6.45, 7) is 2.92. The molecule has 8 rings (SSSR count). The van der Waals surface area contributed by atoms with Crippen LogP contribution in [0.25, 0.3) is 58.5 Å². The molecule has 0 saturated heterocycles. The van der Waals surface area contributed by atoms with E-state index in [9.17, 15) is 5.11 Å². The Bertz CT molecular complexity index is 2300. The molecule has 0 spiro atoms. The molecule has 6 heterocycles. The summed E-state index contributed by atoms with van der Waals surface area (Å²) in [5.41, 5.74) is 9.51. The SMILES string of the molecule is CCCCOc1ccc(/C=C/c2ccnc(-c3cc(/C=C/c4ccc(O)cc4)ccn3)c2)cc1.[Ru].c1ccc(-c2ccccn2)nc1.c1ccc(-c2ccccn2)nc1. The van der Waals surface area contributed by atoms with E-state index in [-0.39, 0.29) is 25.2 Å².